The minimum atomic E-state index is 0.667. The first-order valence-electron chi connectivity index (χ1n) is 6.73. The molecule has 0 spiro atoms. The van der Waals surface area contributed by atoms with E-state index in [-0.39, 0.29) is 0 Å². The predicted octanol–water partition coefficient (Wildman–Crippen LogP) is 4.58. The fourth-order valence-corrected chi connectivity index (χ4v) is 2.59. The Kier molecular flexibility index (Phi) is 5.07. The number of benzene rings is 2. The zero-order chi connectivity index (χ0) is 14.5. The maximum absolute atomic E-state index is 5.77. The van der Waals surface area contributed by atoms with E-state index in [1.54, 1.807) is 0 Å². The van der Waals surface area contributed by atoms with Gasteiger partial charge in [0.25, 0.3) is 0 Å². The average Bonchev–Trinajstić information content (AvgIpc) is 2.38. The molecule has 2 aromatic rings. The van der Waals surface area contributed by atoms with Crippen LogP contribution >= 0.6 is 15.9 Å². The second-order valence-corrected chi connectivity index (χ2v) is 5.93. The minimum absolute atomic E-state index is 0.667. The summed E-state index contributed by atoms with van der Waals surface area (Å²) in [5.41, 5.74) is 3.86. The van der Waals surface area contributed by atoms with Crippen LogP contribution in [0.15, 0.2) is 46.9 Å². The highest BCUT2D eigenvalue weighted by atomic mass is 79.9. The minimum Gasteiger partial charge on any atom is -0.492 e. The summed E-state index contributed by atoms with van der Waals surface area (Å²) in [6.07, 6.45) is 0. The molecule has 2 nitrogen and oxygen atoms in total. The Bertz CT molecular complexity index is 583. The van der Waals surface area contributed by atoms with Crippen molar-refractivity contribution in [3.8, 4) is 5.75 Å². The van der Waals surface area contributed by atoms with Gasteiger partial charge in [-0.1, -0.05) is 39.7 Å². The van der Waals surface area contributed by atoms with E-state index in [2.05, 4.69) is 59.9 Å². The molecule has 0 saturated carbocycles. The van der Waals surface area contributed by atoms with Gasteiger partial charge in [0.1, 0.15) is 12.4 Å². The van der Waals surface area contributed by atoms with Crippen LogP contribution in [0.1, 0.15) is 11.1 Å². The second kappa shape index (κ2) is 6.80. The van der Waals surface area contributed by atoms with Gasteiger partial charge in [-0.05, 0) is 43.7 Å². The van der Waals surface area contributed by atoms with Crippen LogP contribution in [-0.2, 0) is 0 Å². The van der Waals surface area contributed by atoms with Gasteiger partial charge in [0.05, 0.1) is 6.54 Å². The molecule has 0 bridgehead atoms. The predicted molar refractivity (Wildman–Crippen MR) is 88.8 cm³/mol. The highest BCUT2D eigenvalue weighted by Gasteiger charge is 2.05. The van der Waals surface area contributed by atoms with Crippen molar-refractivity contribution in [1.29, 1.82) is 0 Å². The first-order chi connectivity index (χ1) is 9.56. The topological polar surface area (TPSA) is 12.5 Å². The summed E-state index contributed by atoms with van der Waals surface area (Å²) in [4.78, 5) is 2.23. The number of nitrogens with zero attached hydrogens (tertiary/aromatic N) is 1. The zero-order valence-electron chi connectivity index (χ0n) is 12.2. The molecule has 0 radical (unpaired) electrons. The Hall–Kier alpha value is -1.48. The number of halogens is 1. The fourth-order valence-electron chi connectivity index (χ4n) is 2.21. The lowest BCUT2D eigenvalue weighted by atomic mass is 10.1. The van der Waals surface area contributed by atoms with Crippen molar-refractivity contribution >= 4 is 21.6 Å². The van der Waals surface area contributed by atoms with Crippen molar-refractivity contribution in [1.82, 2.24) is 0 Å². The molecule has 0 aliphatic heterocycles. The number of hydrogen-bond acceptors (Lipinski definition) is 2. The zero-order valence-corrected chi connectivity index (χ0v) is 13.8. The van der Waals surface area contributed by atoms with E-state index in [1.165, 1.54) is 16.8 Å². The van der Waals surface area contributed by atoms with Crippen molar-refractivity contribution in [2.45, 2.75) is 13.8 Å². The molecule has 0 fully saturated rings. The highest BCUT2D eigenvalue weighted by Crippen LogP contribution is 2.20. The molecule has 0 aliphatic carbocycles. The van der Waals surface area contributed by atoms with Gasteiger partial charge in [-0.2, -0.15) is 0 Å². The molecule has 2 aromatic carbocycles. The van der Waals surface area contributed by atoms with Crippen LogP contribution in [0.3, 0.4) is 0 Å². The lowest BCUT2D eigenvalue weighted by Gasteiger charge is -2.22. The molecule has 0 aromatic heterocycles. The van der Waals surface area contributed by atoms with Gasteiger partial charge in [0.2, 0.25) is 0 Å². The number of anilines is 1. The maximum Gasteiger partial charge on any atom is 0.120 e. The summed E-state index contributed by atoms with van der Waals surface area (Å²) < 4.78 is 6.81. The van der Waals surface area contributed by atoms with Gasteiger partial charge in [0, 0.05) is 17.2 Å². The number of likely N-dealkylation sites (N-methyl/N-ethyl adjacent to an activating group) is 1. The molecule has 0 N–H and O–H groups in total. The van der Waals surface area contributed by atoms with Crippen LogP contribution in [0.4, 0.5) is 5.69 Å². The molecule has 0 aliphatic rings. The maximum atomic E-state index is 5.77. The lowest BCUT2D eigenvalue weighted by molar-refractivity contribution is 0.325. The Balaban J connectivity index is 1.90. The first kappa shape index (κ1) is 14.9. The quantitative estimate of drug-likeness (QED) is 0.793. The second-order valence-electron chi connectivity index (χ2n) is 5.02. The van der Waals surface area contributed by atoms with E-state index in [1.807, 2.05) is 24.3 Å². The smallest absolute Gasteiger partial charge is 0.120 e. The number of rotatable bonds is 5. The van der Waals surface area contributed by atoms with Crippen LogP contribution in [0, 0.1) is 13.8 Å². The third kappa shape index (κ3) is 4.01. The van der Waals surface area contributed by atoms with Crippen LogP contribution < -0.4 is 9.64 Å². The summed E-state index contributed by atoms with van der Waals surface area (Å²) in [5, 5.41) is 0. The molecule has 0 amide bonds. The van der Waals surface area contributed by atoms with Gasteiger partial charge >= 0.3 is 0 Å². The SMILES string of the molecule is Cc1ccc(N(C)CCOc2cccc(Br)c2)c(C)c1. The summed E-state index contributed by atoms with van der Waals surface area (Å²) in [7, 11) is 2.10. The molecule has 2 rings (SSSR count). The molecule has 0 atom stereocenters. The van der Waals surface area contributed by atoms with Gasteiger partial charge in [0.15, 0.2) is 0 Å². The Labute approximate surface area is 129 Å². The van der Waals surface area contributed by atoms with Crippen LogP contribution in [0.2, 0.25) is 0 Å². The summed E-state index contributed by atoms with van der Waals surface area (Å²) in [6, 6.07) is 14.5. The van der Waals surface area contributed by atoms with Gasteiger partial charge in [-0.15, -0.1) is 0 Å². The Morgan fingerprint density at radius 3 is 2.60 bits per heavy atom. The summed E-state index contributed by atoms with van der Waals surface area (Å²) >= 11 is 3.45. The standard InChI is InChI=1S/C17H20BrNO/c1-13-7-8-17(14(2)11-13)19(3)9-10-20-16-6-4-5-15(18)12-16/h4-8,11-12H,9-10H2,1-3H3. The fraction of sp³-hybridized carbons (Fsp3) is 0.294. The molecule has 0 unspecified atom stereocenters. The van der Waals surface area contributed by atoms with E-state index in [0.29, 0.717) is 6.61 Å². The third-order valence-corrected chi connectivity index (χ3v) is 3.75. The molecule has 20 heavy (non-hydrogen) atoms. The highest BCUT2D eigenvalue weighted by molar-refractivity contribution is 9.10. The first-order valence-corrected chi connectivity index (χ1v) is 7.52. The monoisotopic (exact) mass is 333 g/mol. The lowest BCUT2D eigenvalue weighted by Crippen LogP contribution is -2.24. The number of aryl methyl sites for hydroxylation is 2. The van der Waals surface area contributed by atoms with Gasteiger partial charge in [-0.3, -0.25) is 0 Å². The van der Waals surface area contributed by atoms with Crippen molar-refractivity contribution in [3.63, 3.8) is 0 Å². The molecular weight excluding hydrogens is 314 g/mol. The number of hydrogen-bond donors (Lipinski definition) is 0. The van der Waals surface area contributed by atoms with Crippen molar-refractivity contribution in [2.24, 2.45) is 0 Å². The van der Waals surface area contributed by atoms with E-state index in [4.69, 9.17) is 4.74 Å². The van der Waals surface area contributed by atoms with Crippen LogP contribution in [0.5, 0.6) is 5.75 Å². The largest absolute Gasteiger partial charge is 0.492 e. The third-order valence-electron chi connectivity index (χ3n) is 3.26. The summed E-state index contributed by atoms with van der Waals surface area (Å²) in [5.74, 6) is 0.897. The molecule has 0 heterocycles. The van der Waals surface area contributed by atoms with Gasteiger partial charge in [-0.25, -0.2) is 0 Å². The van der Waals surface area contributed by atoms with E-state index < -0.39 is 0 Å². The molecule has 106 valence electrons. The molecular formula is C17H20BrNO. The molecule has 3 heteroatoms. The van der Waals surface area contributed by atoms with E-state index in [0.717, 1.165) is 16.8 Å². The van der Waals surface area contributed by atoms with Crippen molar-refractivity contribution in [3.05, 3.63) is 58.1 Å². The van der Waals surface area contributed by atoms with Crippen molar-refractivity contribution in [2.75, 3.05) is 25.1 Å². The van der Waals surface area contributed by atoms with Gasteiger partial charge < -0.3 is 9.64 Å². The number of ether oxygens (including phenoxy) is 1. The normalized spacial score (nSPS) is 10.4. The average molecular weight is 334 g/mol. The molecule has 0 saturated heterocycles. The van der Waals surface area contributed by atoms with Crippen LogP contribution in [0.25, 0.3) is 0 Å². The van der Waals surface area contributed by atoms with Crippen LogP contribution in [-0.4, -0.2) is 20.2 Å². The summed E-state index contributed by atoms with van der Waals surface area (Å²) in [6.45, 7) is 5.79. The Morgan fingerprint density at radius 1 is 1.10 bits per heavy atom. The van der Waals surface area contributed by atoms with Crippen molar-refractivity contribution < 1.29 is 4.74 Å². The van der Waals surface area contributed by atoms with E-state index >= 15 is 0 Å². The Morgan fingerprint density at radius 2 is 1.90 bits per heavy atom. The van der Waals surface area contributed by atoms with E-state index in [9.17, 15) is 0 Å².